The third kappa shape index (κ3) is 1.27. The van der Waals surface area contributed by atoms with Gasteiger partial charge in [-0.3, -0.25) is 4.57 Å². The average molecular weight is 234 g/mol. The first-order valence-corrected chi connectivity index (χ1v) is 5.84. The van der Waals surface area contributed by atoms with Crippen molar-refractivity contribution in [3.8, 4) is 6.01 Å². The van der Waals surface area contributed by atoms with Gasteiger partial charge in [-0.05, 0) is 24.3 Å². The first-order valence-electron chi connectivity index (χ1n) is 5.84. The average Bonchev–Trinajstić information content (AvgIpc) is 3.02. The van der Waals surface area contributed by atoms with E-state index >= 15 is 0 Å². The van der Waals surface area contributed by atoms with Gasteiger partial charge in [0.05, 0.1) is 5.52 Å². The molecule has 2 aromatic carbocycles. The molecule has 2 aromatic heterocycles. The SMILES string of the molecule is c1ccc2c(c1)ccn2-c1nc2ccccc2o1. The predicted octanol–water partition coefficient (Wildman–Crippen LogP) is 3.77. The van der Waals surface area contributed by atoms with Gasteiger partial charge in [0.1, 0.15) is 5.52 Å². The van der Waals surface area contributed by atoms with Crippen molar-refractivity contribution in [3.63, 3.8) is 0 Å². The van der Waals surface area contributed by atoms with Gasteiger partial charge in [0, 0.05) is 11.6 Å². The minimum absolute atomic E-state index is 0.609. The van der Waals surface area contributed by atoms with E-state index in [2.05, 4.69) is 23.2 Å². The molecule has 18 heavy (non-hydrogen) atoms. The fourth-order valence-corrected chi connectivity index (χ4v) is 2.21. The Morgan fingerprint density at radius 1 is 0.889 bits per heavy atom. The zero-order chi connectivity index (χ0) is 11.9. The number of para-hydroxylation sites is 3. The van der Waals surface area contributed by atoms with Crippen LogP contribution in [0.25, 0.3) is 28.0 Å². The van der Waals surface area contributed by atoms with Crippen molar-refractivity contribution in [2.24, 2.45) is 0 Å². The summed E-state index contributed by atoms with van der Waals surface area (Å²) in [6, 6.07) is 18.6. The molecule has 4 rings (SSSR count). The summed E-state index contributed by atoms with van der Waals surface area (Å²) in [4.78, 5) is 4.50. The van der Waals surface area contributed by atoms with E-state index in [0.717, 1.165) is 16.6 Å². The van der Waals surface area contributed by atoms with E-state index in [1.54, 1.807) is 0 Å². The molecule has 0 saturated carbocycles. The quantitative estimate of drug-likeness (QED) is 0.502. The molecule has 0 radical (unpaired) electrons. The van der Waals surface area contributed by atoms with Crippen LogP contribution in [0, 0.1) is 0 Å². The Bertz CT molecular complexity index is 809. The lowest BCUT2D eigenvalue weighted by atomic mass is 10.2. The molecule has 0 fully saturated rings. The van der Waals surface area contributed by atoms with Gasteiger partial charge in [0.25, 0.3) is 0 Å². The minimum Gasteiger partial charge on any atom is -0.423 e. The topological polar surface area (TPSA) is 31.0 Å². The lowest BCUT2D eigenvalue weighted by molar-refractivity contribution is 0.570. The molecule has 3 nitrogen and oxygen atoms in total. The lowest BCUT2D eigenvalue weighted by Gasteiger charge is -1.97. The molecule has 4 aromatic rings. The second-order valence-electron chi connectivity index (χ2n) is 4.21. The zero-order valence-corrected chi connectivity index (χ0v) is 9.58. The molecule has 0 atom stereocenters. The summed E-state index contributed by atoms with van der Waals surface area (Å²) < 4.78 is 7.74. The van der Waals surface area contributed by atoms with Crippen LogP contribution >= 0.6 is 0 Å². The number of fused-ring (bicyclic) bond motifs is 2. The summed E-state index contributed by atoms with van der Waals surface area (Å²) in [6.07, 6.45) is 1.98. The maximum Gasteiger partial charge on any atom is 0.307 e. The smallest absolute Gasteiger partial charge is 0.307 e. The maximum absolute atomic E-state index is 5.77. The van der Waals surface area contributed by atoms with Crippen molar-refractivity contribution in [3.05, 3.63) is 60.8 Å². The van der Waals surface area contributed by atoms with Gasteiger partial charge in [-0.1, -0.05) is 30.3 Å². The number of benzene rings is 2. The second kappa shape index (κ2) is 3.47. The number of oxazole rings is 1. The van der Waals surface area contributed by atoms with Crippen LogP contribution in [0.15, 0.2) is 65.2 Å². The molecule has 0 amide bonds. The number of hydrogen-bond acceptors (Lipinski definition) is 2. The normalized spacial score (nSPS) is 11.3. The standard InChI is InChI=1S/C15H10N2O/c1-3-7-13-11(5-1)9-10-17(13)15-16-12-6-2-4-8-14(12)18-15/h1-10H. The third-order valence-electron chi connectivity index (χ3n) is 3.09. The van der Waals surface area contributed by atoms with E-state index in [0.29, 0.717) is 6.01 Å². The van der Waals surface area contributed by atoms with E-state index in [-0.39, 0.29) is 0 Å². The molecule has 2 heterocycles. The highest BCUT2D eigenvalue weighted by Crippen LogP contribution is 2.23. The Balaban J connectivity index is 2.01. The van der Waals surface area contributed by atoms with E-state index in [1.165, 1.54) is 5.39 Å². The molecule has 0 aliphatic carbocycles. The first kappa shape index (κ1) is 9.48. The molecule has 0 aliphatic heterocycles. The fraction of sp³-hybridized carbons (Fsp3) is 0. The number of nitrogens with zero attached hydrogens (tertiary/aromatic N) is 2. The zero-order valence-electron chi connectivity index (χ0n) is 9.58. The van der Waals surface area contributed by atoms with Crippen molar-refractivity contribution in [2.45, 2.75) is 0 Å². The predicted molar refractivity (Wildman–Crippen MR) is 70.8 cm³/mol. The highest BCUT2D eigenvalue weighted by atomic mass is 16.4. The van der Waals surface area contributed by atoms with Gasteiger partial charge in [-0.25, -0.2) is 0 Å². The molecular formula is C15H10N2O. The molecule has 3 heteroatoms. The van der Waals surface area contributed by atoms with Crippen LogP contribution in [-0.2, 0) is 0 Å². The van der Waals surface area contributed by atoms with Crippen molar-refractivity contribution < 1.29 is 4.42 Å². The van der Waals surface area contributed by atoms with Crippen LogP contribution in [-0.4, -0.2) is 9.55 Å². The van der Waals surface area contributed by atoms with Gasteiger partial charge < -0.3 is 4.42 Å². The summed E-state index contributed by atoms with van der Waals surface area (Å²) >= 11 is 0. The van der Waals surface area contributed by atoms with Crippen molar-refractivity contribution in [2.75, 3.05) is 0 Å². The van der Waals surface area contributed by atoms with Gasteiger partial charge in [-0.15, -0.1) is 0 Å². The molecule has 0 bridgehead atoms. The molecule has 0 unspecified atom stereocenters. The van der Waals surface area contributed by atoms with E-state index in [9.17, 15) is 0 Å². The molecule has 0 saturated heterocycles. The molecule has 0 aliphatic rings. The van der Waals surface area contributed by atoms with Gasteiger partial charge in [0.15, 0.2) is 5.58 Å². The Hall–Kier alpha value is -2.55. The van der Waals surface area contributed by atoms with Crippen LogP contribution < -0.4 is 0 Å². The Morgan fingerprint density at radius 3 is 2.67 bits per heavy atom. The van der Waals surface area contributed by atoms with Crippen molar-refractivity contribution >= 4 is 22.0 Å². The Labute approximate surface area is 103 Å². The number of aromatic nitrogens is 2. The van der Waals surface area contributed by atoms with Crippen LogP contribution in [0.3, 0.4) is 0 Å². The number of hydrogen-bond donors (Lipinski definition) is 0. The Kier molecular flexibility index (Phi) is 1.83. The van der Waals surface area contributed by atoms with Crippen molar-refractivity contribution in [1.29, 1.82) is 0 Å². The van der Waals surface area contributed by atoms with Gasteiger partial charge in [-0.2, -0.15) is 4.98 Å². The minimum atomic E-state index is 0.609. The van der Waals surface area contributed by atoms with Crippen LogP contribution in [0.5, 0.6) is 0 Å². The molecule has 0 spiro atoms. The highest BCUT2D eigenvalue weighted by molar-refractivity contribution is 5.82. The fourth-order valence-electron chi connectivity index (χ4n) is 2.21. The molecule has 0 N–H and O–H groups in total. The first-order chi connectivity index (χ1) is 8.92. The summed E-state index contributed by atoms with van der Waals surface area (Å²) in [6.45, 7) is 0. The lowest BCUT2D eigenvalue weighted by Crippen LogP contribution is -1.90. The third-order valence-corrected chi connectivity index (χ3v) is 3.09. The maximum atomic E-state index is 5.77. The van der Waals surface area contributed by atoms with Crippen LogP contribution in [0.2, 0.25) is 0 Å². The van der Waals surface area contributed by atoms with Crippen LogP contribution in [0.4, 0.5) is 0 Å². The molecular weight excluding hydrogens is 224 g/mol. The monoisotopic (exact) mass is 234 g/mol. The number of rotatable bonds is 1. The summed E-state index contributed by atoms with van der Waals surface area (Å²) in [5, 5.41) is 1.18. The summed E-state index contributed by atoms with van der Waals surface area (Å²) in [5.74, 6) is 0. The van der Waals surface area contributed by atoms with Gasteiger partial charge in [0.2, 0.25) is 0 Å². The van der Waals surface area contributed by atoms with E-state index in [4.69, 9.17) is 4.42 Å². The Morgan fingerprint density at radius 2 is 1.72 bits per heavy atom. The largest absolute Gasteiger partial charge is 0.423 e. The summed E-state index contributed by atoms with van der Waals surface area (Å²) in [7, 11) is 0. The summed E-state index contributed by atoms with van der Waals surface area (Å²) in [5.41, 5.74) is 2.79. The van der Waals surface area contributed by atoms with E-state index < -0.39 is 0 Å². The van der Waals surface area contributed by atoms with E-state index in [1.807, 2.05) is 47.2 Å². The van der Waals surface area contributed by atoms with Gasteiger partial charge >= 0.3 is 6.01 Å². The molecule has 86 valence electrons. The van der Waals surface area contributed by atoms with Crippen LogP contribution in [0.1, 0.15) is 0 Å². The second-order valence-corrected chi connectivity index (χ2v) is 4.21. The van der Waals surface area contributed by atoms with Crippen molar-refractivity contribution in [1.82, 2.24) is 9.55 Å². The highest BCUT2D eigenvalue weighted by Gasteiger charge is 2.09.